The second-order valence-electron chi connectivity index (χ2n) is 6.37. The van der Waals surface area contributed by atoms with Gasteiger partial charge in [0.2, 0.25) is 0 Å². The van der Waals surface area contributed by atoms with E-state index in [1.165, 1.54) is 13.2 Å². The highest BCUT2D eigenvalue weighted by atomic mass is 16.5. The van der Waals surface area contributed by atoms with Crippen molar-refractivity contribution in [2.24, 2.45) is 0 Å². The maximum absolute atomic E-state index is 12.3. The fourth-order valence-corrected chi connectivity index (χ4v) is 2.73. The van der Waals surface area contributed by atoms with Crippen molar-refractivity contribution in [1.29, 1.82) is 0 Å². The third-order valence-electron chi connectivity index (χ3n) is 4.25. The molecule has 0 aliphatic heterocycles. The van der Waals surface area contributed by atoms with Crippen LogP contribution in [0.15, 0.2) is 84.6 Å². The molecular formula is C24H21NO5. The summed E-state index contributed by atoms with van der Waals surface area (Å²) in [7, 11) is 1.51. The van der Waals surface area contributed by atoms with E-state index in [0.29, 0.717) is 29.2 Å². The highest BCUT2D eigenvalue weighted by Gasteiger charge is 2.14. The van der Waals surface area contributed by atoms with Crippen molar-refractivity contribution < 1.29 is 24.2 Å². The van der Waals surface area contributed by atoms with Gasteiger partial charge in [0.25, 0.3) is 5.91 Å². The molecule has 30 heavy (non-hydrogen) atoms. The van der Waals surface area contributed by atoms with Gasteiger partial charge in [0.15, 0.2) is 11.5 Å². The first-order chi connectivity index (χ1) is 14.6. The van der Waals surface area contributed by atoms with E-state index in [1.54, 1.807) is 48.5 Å². The van der Waals surface area contributed by atoms with E-state index in [1.807, 2.05) is 30.3 Å². The molecular weight excluding hydrogens is 382 g/mol. The van der Waals surface area contributed by atoms with Gasteiger partial charge in [-0.15, -0.1) is 0 Å². The van der Waals surface area contributed by atoms with Gasteiger partial charge >= 0.3 is 5.97 Å². The zero-order valence-corrected chi connectivity index (χ0v) is 16.4. The maximum atomic E-state index is 12.3. The molecule has 0 aliphatic rings. The number of amides is 1. The fourth-order valence-electron chi connectivity index (χ4n) is 2.73. The highest BCUT2D eigenvalue weighted by Crippen LogP contribution is 2.29. The predicted molar refractivity (Wildman–Crippen MR) is 113 cm³/mol. The van der Waals surface area contributed by atoms with Crippen LogP contribution in [0.5, 0.6) is 11.5 Å². The molecule has 3 aromatic carbocycles. The van der Waals surface area contributed by atoms with Gasteiger partial charge in [0, 0.05) is 5.56 Å². The standard InChI is InChI=1S/C24H21NO5/c1-29-22-15-18(12-13-21(22)30-16-17-8-4-2-5-9-17)14-20(24(27)28)25-23(26)19-10-6-3-7-11-19/h2-15H,16H2,1H3,(H,25,26)(H,27,28)/b20-14+. The van der Waals surface area contributed by atoms with Crippen LogP contribution in [0.1, 0.15) is 21.5 Å². The van der Waals surface area contributed by atoms with E-state index in [2.05, 4.69) is 5.32 Å². The monoisotopic (exact) mass is 403 g/mol. The zero-order valence-electron chi connectivity index (χ0n) is 16.4. The van der Waals surface area contributed by atoms with Gasteiger partial charge in [-0.3, -0.25) is 4.79 Å². The minimum absolute atomic E-state index is 0.246. The summed E-state index contributed by atoms with van der Waals surface area (Å²) >= 11 is 0. The average Bonchev–Trinajstić information content (AvgIpc) is 2.78. The predicted octanol–water partition coefficient (Wildman–Crippen LogP) is 4.13. The summed E-state index contributed by atoms with van der Waals surface area (Å²) in [5, 5.41) is 11.9. The van der Waals surface area contributed by atoms with E-state index < -0.39 is 11.9 Å². The largest absolute Gasteiger partial charge is 0.493 e. The van der Waals surface area contributed by atoms with Crippen LogP contribution in [0.4, 0.5) is 0 Å². The molecule has 0 aromatic heterocycles. The Bertz CT molecular complexity index is 1050. The topological polar surface area (TPSA) is 84.9 Å². The number of carbonyl (C=O) groups excluding carboxylic acids is 1. The summed E-state index contributed by atoms with van der Waals surface area (Å²) in [5.74, 6) is -0.760. The minimum atomic E-state index is -1.25. The van der Waals surface area contributed by atoms with Crippen molar-refractivity contribution in [1.82, 2.24) is 5.32 Å². The van der Waals surface area contributed by atoms with Gasteiger partial charge in [0.05, 0.1) is 7.11 Å². The Morgan fingerprint density at radius 1 is 0.933 bits per heavy atom. The number of rotatable bonds is 8. The Morgan fingerprint density at radius 3 is 2.23 bits per heavy atom. The van der Waals surface area contributed by atoms with E-state index in [-0.39, 0.29) is 5.70 Å². The lowest BCUT2D eigenvalue weighted by Gasteiger charge is -2.12. The summed E-state index contributed by atoms with van der Waals surface area (Å²) in [5.41, 5.74) is 1.68. The number of benzene rings is 3. The lowest BCUT2D eigenvalue weighted by molar-refractivity contribution is -0.132. The first-order valence-electron chi connectivity index (χ1n) is 9.23. The van der Waals surface area contributed by atoms with E-state index >= 15 is 0 Å². The number of methoxy groups -OCH3 is 1. The van der Waals surface area contributed by atoms with Crippen LogP contribution in [0.3, 0.4) is 0 Å². The molecule has 0 aliphatic carbocycles. The van der Waals surface area contributed by atoms with Crippen molar-refractivity contribution in [3.05, 3.63) is 101 Å². The van der Waals surface area contributed by atoms with Crippen LogP contribution in [-0.4, -0.2) is 24.1 Å². The third kappa shape index (κ3) is 5.48. The van der Waals surface area contributed by atoms with Crippen molar-refractivity contribution in [3.8, 4) is 11.5 Å². The number of nitrogens with one attached hydrogen (secondary N) is 1. The Labute approximate surface area is 174 Å². The Hall–Kier alpha value is -4.06. The quantitative estimate of drug-likeness (QED) is 0.553. The highest BCUT2D eigenvalue weighted by molar-refractivity contribution is 6.02. The number of aliphatic carboxylic acids is 1. The molecule has 0 fully saturated rings. The minimum Gasteiger partial charge on any atom is -0.493 e. The molecule has 0 radical (unpaired) electrons. The normalized spacial score (nSPS) is 10.9. The van der Waals surface area contributed by atoms with E-state index in [0.717, 1.165) is 5.56 Å². The molecule has 0 saturated heterocycles. The molecule has 0 atom stereocenters. The van der Waals surface area contributed by atoms with Crippen LogP contribution < -0.4 is 14.8 Å². The Morgan fingerprint density at radius 2 is 1.60 bits per heavy atom. The third-order valence-corrected chi connectivity index (χ3v) is 4.25. The van der Waals surface area contributed by atoms with Gasteiger partial charge in [-0.1, -0.05) is 54.6 Å². The second kappa shape index (κ2) is 9.93. The summed E-state index contributed by atoms with van der Waals surface area (Å²) in [4.78, 5) is 23.9. The molecule has 0 heterocycles. The van der Waals surface area contributed by atoms with E-state index in [9.17, 15) is 14.7 Å². The van der Waals surface area contributed by atoms with Gasteiger partial charge in [-0.2, -0.15) is 0 Å². The molecule has 0 saturated carbocycles. The molecule has 0 unspecified atom stereocenters. The van der Waals surface area contributed by atoms with Crippen molar-refractivity contribution in [3.63, 3.8) is 0 Å². The molecule has 2 N–H and O–H groups in total. The maximum Gasteiger partial charge on any atom is 0.352 e. The fraction of sp³-hybridized carbons (Fsp3) is 0.0833. The number of carbonyl (C=O) groups is 2. The second-order valence-corrected chi connectivity index (χ2v) is 6.37. The summed E-state index contributed by atoms with van der Waals surface area (Å²) in [6.45, 7) is 0.375. The van der Waals surface area contributed by atoms with Gasteiger partial charge in [-0.05, 0) is 41.5 Å². The molecule has 1 amide bonds. The molecule has 0 bridgehead atoms. The number of ether oxygens (including phenoxy) is 2. The van der Waals surface area contributed by atoms with Crippen LogP contribution in [0.25, 0.3) is 6.08 Å². The Kier molecular flexibility index (Phi) is 6.84. The number of hydrogen-bond acceptors (Lipinski definition) is 4. The summed E-state index contributed by atoms with van der Waals surface area (Å²) < 4.78 is 11.2. The smallest absolute Gasteiger partial charge is 0.352 e. The summed E-state index contributed by atoms with van der Waals surface area (Å²) in [6, 6.07) is 23.2. The average molecular weight is 403 g/mol. The Balaban J connectivity index is 1.78. The van der Waals surface area contributed by atoms with Crippen LogP contribution in [0, 0.1) is 0 Å². The lowest BCUT2D eigenvalue weighted by atomic mass is 10.1. The lowest BCUT2D eigenvalue weighted by Crippen LogP contribution is -2.27. The molecule has 3 rings (SSSR count). The summed E-state index contributed by atoms with van der Waals surface area (Å²) in [6.07, 6.45) is 1.37. The first-order valence-corrected chi connectivity index (χ1v) is 9.23. The van der Waals surface area contributed by atoms with E-state index in [4.69, 9.17) is 9.47 Å². The van der Waals surface area contributed by atoms with Crippen molar-refractivity contribution in [2.45, 2.75) is 6.61 Å². The molecule has 6 heteroatoms. The van der Waals surface area contributed by atoms with Crippen LogP contribution in [0.2, 0.25) is 0 Å². The van der Waals surface area contributed by atoms with Crippen LogP contribution >= 0.6 is 0 Å². The first kappa shape index (κ1) is 20.7. The zero-order chi connectivity index (χ0) is 21.3. The molecule has 152 valence electrons. The van der Waals surface area contributed by atoms with Crippen LogP contribution in [-0.2, 0) is 11.4 Å². The number of carboxylic acid groups (broad SMARTS) is 1. The van der Waals surface area contributed by atoms with Crippen molar-refractivity contribution in [2.75, 3.05) is 7.11 Å². The molecule has 0 spiro atoms. The molecule has 3 aromatic rings. The van der Waals surface area contributed by atoms with Gasteiger partial charge in [-0.25, -0.2) is 4.79 Å². The van der Waals surface area contributed by atoms with Gasteiger partial charge in [0.1, 0.15) is 12.3 Å². The number of hydrogen-bond donors (Lipinski definition) is 2. The SMILES string of the molecule is COc1cc(/C=C(/NC(=O)c2ccccc2)C(=O)O)ccc1OCc1ccccc1. The van der Waals surface area contributed by atoms with Gasteiger partial charge < -0.3 is 19.9 Å². The van der Waals surface area contributed by atoms with Crippen molar-refractivity contribution >= 4 is 18.0 Å². The number of carboxylic acids is 1. The molecule has 6 nitrogen and oxygen atoms in total.